The molecule has 1 N–H and O–H groups in total. The Kier molecular flexibility index (Phi) is 6.72. The maximum atomic E-state index is 12.5. The predicted molar refractivity (Wildman–Crippen MR) is 122 cm³/mol. The summed E-state index contributed by atoms with van der Waals surface area (Å²) in [7, 11) is 0. The van der Waals surface area contributed by atoms with Crippen molar-refractivity contribution in [3.63, 3.8) is 0 Å². The smallest absolute Gasteiger partial charge is 0.251 e. The predicted octanol–water partition coefficient (Wildman–Crippen LogP) is 5.86. The molecule has 0 aliphatic heterocycles. The highest BCUT2D eigenvalue weighted by Crippen LogP contribution is 2.23. The number of carbonyl (C=O) groups is 1. The Balaban J connectivity index is 1.39. The molecule has 5 nitrogen and oxygen atoms in total. The van der Waals surface area contributed by atoms with Crippen LogP contribution in [0.3, 0.4) is 0 Å². The van der Waals surface area contributed by atoms with Crippen LogP contribution in [-0.2, 0) is 0 Å². The number of allylic oxidation sites excluding steroid dienone is 1. The highest BCUT2D eigenvalue weighted by atomic mass is 16.5. The van der Waals surface area contributed by atoms with Gasteiger partial charge >= 0.3 is 0 Å². The maximum Gasteiger partial charge on any atom is 0.251 e. The van der Waals surface area contributed by atoms with Gasteiger partial charge in [-0.15, -0.1) is 0 Å². The Morgan fingerprint density at radius 3 is 2.77 bits per heavy atom. The van der Waals surface area contributed by atoms with E-state index >= 15 is 0 Å². The quantitative estimate of drug-likeness (QED) is 0.492. The number of ether oxygens (including phenoxy) is 1. The van der Waals surface area contributed by atoms with Crippen molar-refractivity contribution in [3.8, 4) is 23.0 Å². The average molecular weight is 414 g/mol. The first-order valence-corrected chi connectivity index (χ1v) is 10.8. The second-order valence-electron chi connectivity index (χ2n) is 7.83. The molecule has 4 rings (SSSR count). The van der Waals surface area contributed by atoms with Crippen molar-refractivity contribution in [2.75, 3.05) is 6.54 Å². The van der Waals surface area contributed by atoms with E-state index in [0.29, 0.717) is 29.6 Å². The molecular formula is C26H27N3O2. The minimum absolute atomic E-state index is 0.0927. The minimum Gasteiger partial charge on any atom is -0.439 e. The molecule has 3 aromatic rings. The highest BCUT2D eigenvalue weighted by molar-refractivity contribution is 5.94. The number of hydrogen-bond donors (Lipinski definition) is 1. The zero-order chi connectivity index (χ0) is 21.5. The van der Waals surface area contributed by atoms with E-state index in [4.69, 9.17) is 4.74 Å². The monoisotopic (exact) mass is 413 g/mol. The molecule has 1 aromatic heterocycles. The fourth-order valence-electron chi connectivity index (χ4n) is 3.63. The second kappa shape index (κ2) is 10.0. The van der Waals surface area contributed by atoms with Crippen LogP contribution in [0.25, 0.3) is 11.4 Å². The number of hydrogen-bond acceptors (Lipinski definition) is 4. The molecule has 0 saturated carbocycles. The van der Waals surface area contributed by atoms with Gasteiger partial charge in [0.15, 0.2) is 5.82 Å². The highest BCUT2D eigenvalue weighted by Gasteiger charge is 2.10. The number of amides is 1. The van der Waals surface area contributed by atoms with Gasteiger partial charge in [-0.2, -0.15) is 4.98 Å². The molecule has 158 valence electrons. The van der Waals surface area contributed by atoms with Crippen LogP contribution in [0.4, 0.5) is 0 Å². The molecule has 0 spiro atoms. The zero-order valence-electron chi connectivity index (χ0n) is 17.8. The van der Waals surface area contributed by atoms with E-state index in [2.05, 4.69) is 21.4 Å². The molecule has 5 heteroatoms. The van der Waals surface area contributed by atoms with Crippen molar-refractivity contribution >= 4 is 5.91 Å². The second-order valence-corrected chi connectivity index (χ2v) is 7.83. The van der Waals surface area contributed by atoms with E-state index < -0.39 is 0 Å². The van der Waals surface area contributed by atoms with Gasteiger partial charge in [0.2, 0.25) is 5.88 Å². The minimum atomic E-state index is -0.0927. The fourth-order valence-corrected chi connectivity index (χ4v) is 3.63. The first kappa shape index (κ1) is 20.8. The average Bonchev–Trinajstić information content (AvgIpc) is 2.80. The van der Waals surface area contributed by atoms with Gasteiger partial charge in [-0.25, -0.2) is 4.98 Å². The van der Waals surface area contributed by atoms with Crippen LogP contribution in [0.5, 0.6) is 11.6 Å². The lowest BCUT2D eigenvalue weighted by Gasteiger charge is -2.13. The van der Waals surface area contributed by atoms with Crippen molar-refractivity contribution in [2.45, 2.75) is 39.0 Å². The molecule has 1 amide bonds. The van der Waals surface area contributed by atoms with E-state index in [0.717, 1.165) is 24.8 Å². The van der Waals surface area contributed by atoms with Crippen molar-refractivity contribution in [3.05, 3.63) is 83.6 Å². The Morgan fingerprint density at radius 1 is 1.10 bits per heavy atom. The summed E-state index contributed by atoms with van der Waals surface area (Å²) in [6.45, 7) is 2.70. The fraction of sp³-hybridized carbons (Fsp3) is 0.269. The lowest BCUT2D eigenvalue weighted by molar-refractivity contribution is 0.0953. The van der Waals surface area contributed by atoms with E-state index in [9.17, 15) is 4.79 Å². The molecule has 0 bridgehead atoms. The molecule has 1 heterocycles. The standard InChI is InChI=1S/C26H27N3O2/c1-19-10-12-21(13-11-19)25-27-17-15-24(29-25)31-23-9-5-8-22(18-23)26(30)28-16-14-20-6-3-2-4-7-20/h5-6,8-13,15,17-18H,2-4,7,14,16H2,1H3,(H,28,30). The van der Waals surface area contributed by atoms with Crippen molar-refractivity contribution in [2.24, 2.45) is 0 Å². The third kappa shape index (κ3) is 5.79. The lowest BCUT2D eigenvalue weighted by atomic mass is 9.97. The number of nitrogens with one attached hydrogen (secondary N) is 1. The Labute approximate surface area is 183 Å². The molecule has 2 aromatic carbocycles. The van der Waals surface area contributed by atoms with Crippen LogP contribution in [0.15, 0.2) is 72.4 Å². The maximum absolute atomic E-state index is 12.5. The molecule has 0 unspecified atom stereocenters. The number of aromatic nitrogens is 2. The molecular weight excluding hydrogens is 386 g/mol. The number of nitrogens with zero attached hydrogens (tertiary/aromatic N) is 2. The van der Waals surface area contributed by atoms with E-state index in [1.807, 2.05) is 43.3 Å². The topological polar surface area (TPSA) is 64.1 Å². The Morgan fingerprint density at radius 2 is 1.97 bits per heavy atom. The summed E-state index contributed by atoms with van der Waals surface area (Å²) in [6.07, 6.45) is 9.77. The molecule has 0 atom stereocenters. The number of carbonyl (C=O) groups excluding carboxylic acids is 1. The summed E-state index contributed by atoms with van der Waals surface area (Å²) in [6, 6.07) is 16.9. The summed E-state index contributed by atoms with van der Waals surface area (Å²) >= 11 is 0. The summed E-state index contributed by atoms with van der Waals surface area (Å²) in [5.41, 5.74) is 4.14. The van der Waals surface area contributed by atoms with Crippen LogP contribution in [0, 0.1) is 6.92 Å². The van der Waals surface area contributed by atoms with Crippen molar-refractivity contribution in [1.29, 1.82) is 0 Å². The van der Waals surface area contributed by atoms with Crippen molar-refractivity contribution < 1.29 is 9.53 Å². The van der Waals surface area contributed by atoms with Gasteiger partial charge in [0, 0.05) is 29.9 Å². The number of rotatable bonds is 7. The normalized spacial score (nSPS) is 13.4. The van der Waals surface area contributed by atoms with Crippen LogP contribution in [0.2, 0.25) is 0 Å². The SMILES string of the molecule is Cc1ccc(-c2nccc(Oc3cccc(C(=O)NCCC4=CCCCC4)c3)n2)cc1. The number of aryl methyl sites for hydroxylation is 1. The van der Waals surface area contributed by atoms with Crippen LogP contribution >= 0.6 is 0 Å². The van der Waals surface area contributed by atoms with Gasteiger partial charge in [0.05, 0.1) is 0 Å². The van der Waals surface area contributed by atoms with E-state index in [1.165, 1.54) is 24.0 Å². The van der Waals surface area contributed by atoms with E-state index in [-0.39, 0.29) is 5.91 Å². The van der Waals surface area contributed by atoms with Crippen LogP contribution < -0.4 is 10.1 Å². The van der Waals surface area contributed by atoms with Gasteiger partial charge in [0.25, 0.3) is 5.91 Å². The van der Waals surface area contributed by atoms with Crippen LogP contribution in [-0.4, -0.2) is 22.4 Å². The van der Waals surface area contributed by atoms with Gasteiger partial charge in [-0.1, -0.05) is 47.5 Å². The molecule has 1 aliphatic carbocycles. The summed E-state index contributed by atoms with van der Waals surface area (Å²) in [5.74, 6) is 1.51. The van der Waals surface area contributed by atoms with Crippen molar-refractivity contribution in [1.82, 2.24) is 15.3 Å². The molecule has 0 fully saturated rings. The first-order chi connectivity index (χ1) is 15.2. The van der Waals surface area contributed by atoms with Gasteiger partial charge in [-0.3, -0.25) is 4.79 Å². The zero-order valence-corrected chi connectivity index (χ0v) is 17.8. The number of benzene rings is 2. The molecule has 0 radical (unpaired) electrons. The van der Waals surface area contributed by atoms with Gasteiger partial charge in [0.1, 0.15) is 5.75 Å². The molecule has 1 aliphatic rings. The largest absolute Gasteiger partial charge is 0.439 e. The Bertz CT molecular complexity index is 1070. The summed E-state index contributed by atoms with van der Waals surface area (Å²) in [5, 5.41) is 3.01. The lowest BCUT2D eigenvalue weighted by Crippen LogP contribution is -2.24. The van der Waals surface area contributed by atoms with Gasteiger partial charge < -0.3 is 10.1 Å². The molecule has 31 heavy (non-hydrogen) atoms. The third-order valence-electron chi connectivity index (χ3n) is 5.38. The first-order valence-electron chi connectivity index (χ1n) is 10.8. The summed E-state index contributed by atoms with van der Waals surface area (Å²) < 4.78 is 5.91. The van der Waals surface area contributed by atoms with Crippen LogP contribution in [0.1, 0.15) is 48.0 Å². The van der Waals surface area contributed by atoms with E-state index in [1.54, 1.807) is 24.4 Å². The summed E-state index contributed by atoms with van der Waals surface area (Å²) in [4.78, 5) is 21.4. The third-order valence-corrected chi connectivity index (χ3v) is 5.38. The van der Waals surface area contributed by atoms with Gasteiger partial charge in [-0.05, 0) is 57.2 Å². The molecule has 0 saturated heterocycles. The Hall–Kier alpha value is -3.47.